The van der Waals surface area contributed by atoms with Gasteiger partial charge >= 0.3 is 0 Å². The predicted molar refractivity (Wildman–Crippen MR) is 65.0 cm³/mol. The summed E-state index contributed by atoms with van der Waals surface area (Å²) < 4.78 is 0. The normalized spacial score (nSPS) is 13.9. The third-order valence-electron chi connectivity index (χ3n) is 1.97. The zero-order valence-electron chi connectivity index (χ0n) is 9.72. The number of nitrogens with two attached hydrogens (primary N) is 1. The highest BCUT2D eigenvalue weighted by Crippen LogP contribution is 2.03. The minimum Gasteiger partial charge on any atom is -0.399 e. The maximum absolute atomic E-state index is 5.79. The molecule has 1 nitrogen and oxygen atoms in total. The van der Waals surface area contributed by atoms with E-state index < -0.39 is 0 Å². The summed E-state index contributed by atoms with van der Waals surface area (Å²) in [6.45, 7) is 6.49. The van der Waals surface area contributed by atoms with E-state index in [2.05, 4.69) is 32.9 Å². The fourth-order valence-electron chi connectivity index (χ4n) is 1.16. The number of rotatable bonds is 6. The molecule has 1 heteroatoms. The molecule has 0 amide bonds. The smallest absolute Gasteiger partial charge is 0.0310 e. The maximum atomic E-state index is 5.79. The van der Waals surface area contributed by atoms with Gasteiger partial charge in [0.15, 0.2) is 0 Å². The Morgan fingerprint density at radius 2 is 1.86 bits per heavy atom. The first-order chi connectivity index (χ1) is 6.70. The molecular formula is C13H23N. The van der Waals surface area contributed by atoms with E-state index >= 15 is 0 Å². The third-order valence-corrected chi connectivity index (χ3v) is 1.97. The van der Waals surface area contributed by atoms with E-state index in [9.17, 15) is 0 Å². The van der Waals surface area contributed by atoms with Crippen molar-refractivity contribution in [1.82, 2.24) is 0 Å². The van der Waals surface area contributed by atoms with Crippen molar-refractivity contribution in [2.24, 2.45) is 5.73 Å². The average molecular weight is 193 g/mol. The maximum Gasteiger partial charge on any atom is 0.0310 e. The quantitative estimate of drug-likeness (QED) is 0.635. The van der Waals surface area contributed by atoms with E-state index in [1.165, 1.54) is 18.4 Å². The van der Waals surface area contributed by atoms with E-state index in [1.54, 1.807) is 0 Å². The Labute approximate surface area is 88.4 Å². The van der Waals surface area contributed by atoms with Crippen molar-refractivity contribution in [2.45, 2.75) is 46.5 Å². The van der Waals surface area contributed by atoms with Gasteiger partial charge in [-0.1, -0.05) is 44.4 Å². The first-order valence-electron chi connectivity index (χ1n) is 5.50. The molecule has 2 N–H and O–H groups in total. The highest BCUT2D eigenvalue weighted by atomic mass is 14.5. The zero-order chi connectivity index (χ0) is 10.8. The Morgan fingerprint density at radius 3 is 2.43 bits per heavy atom. The summed E-state index contributed by atoms with van der Waals surface area (Å²) in [6, 6.07) is 0. The first-order valence-corrected chi connectivity index (χ1v) is 5.50. The van der Waals surface area contributed by atoms with Gasteiger partial charge in [-0.15, -0.1) is 0 Å². The van der Waals surface area contributed by atoms with Crippen LogP contribution in [0.2, 0.25) is 0 Å². The lowest BCUT2D eigenvalue weighted by Gasteiger charge is -1.95. The largest absolute Gasteiger partial charge is 0.399 e. The Balaban J connectivity index is 4.03. The average Bonchev–Trinajstić information content (AvgIpc) is 2.16. The molecule has 80 valence electrons. The van der Waals surface area contributed by atoms with Gasteiger partial charge < -0.3 is 5.73 Å². The van der Waals surface area contributed by atoms with E-state index in [0.717, 1.165) is 18.5 Å². The predicted octanol–water partition coefficient (Wildman–Crippen LogP) is 3.93. The summed E-state index contributed by atoms with van der Waals surface area (Å²) in [6.07, 6.45) is 12.8. The molecule has 0 aliphatic heterocycles. The van der Waals surface area contributed by atoms with Crippen LogP contribution in [-0.4, -0.2) is 0 Å². The van der Waals surface area contributed by atoms with Crippen LogP contribution in [-0.2, 0) is 0 Å². The van der Waals surface area contributed by atoms with Crippen LogP contribution in [0.15, 0.2) is 35.6 Å². The monoisotopic (exact) mass is 193 g/mol. The van der Waals surface area contributed by atoms with Crippen LogP contribution in [0.5, 0.6) is 0 Å². The van der Waals surface area contributed by atoms with Crippen molar-refractivity contribution in [1.29, 1.82) is 0 Å². The number of hydrogen-bond acceptors (Lipinski definition) is 1. The SMILES string of the molecule is CCC/C=C/C(N)=C\C=C(/C)CCC. The Bertz CT molecular complexity index is 221. The number of unbranched alkanes of at least 4 members (excludes halogenated alkanes) is 1. The van der Waals surface area contributed by atoms with Gasteiger partial charge in [0, 0.05) is 5.70 Å². The summed E-state index contributed by atoms with van der Waals surface area (Å²) in [5.41, 5.74) is 8.02. The van der Waals surface area contributed by atoms with Crippen molar-refractivity contribution < 1.29 is 0 Å². The lowest BCUT2D eigenvalue weighted by Crippen LogP contribution is -1.91. The molecule has 0 fully saturated rings. The second-order valence-electron chi connectivity index (χ2n) is 3.62. The van der Waals surface area contributed by atoms with Crippen LogP contribution < -0.4 is 5.73 Å². The van der Waals surface area contributed by atoms with Gasteiger partial charge in [0.05, 0.1) is 0 Å². The van der Waals surface area contributed by atoms with Crippen molar-refractivity contribution in [2.75, 3.05) is 0 Å². The molecule has 0 aromatic carbocycles. The van der Waals surface area contributed by atoms with Crippen LogP contribution in [0.1, 0.15) is 46.5 Å². The standard InChI is InChI=1S/C13H23N/c1-4-6-7-9-13(14)11-10-12(3)8-5-2/h7,9-11H,4-6,8,14H2,1-3H3/b9-7+,12-10+,13-11+. The Hall–Kier alpha value is -0.980. The molecule has 0 atom stereocenters. The molecule has 0 spiro atoms. The van der Waals surface area contributed by atoms with Crippen molar-refractivity contribution in [3.8, 4) is 0 Å². The van der Waals surface area contributed by atoms with E-state index in [-0.39, 0.29) is 0 Å². The molecule has 14 heavy (non-hydrogen) atoms. The van der Waals surface area contributed by atoms with Gasteiger partial charge in [-0.25, -0.2) is 0 Å². The number of allylic oxidation sites excluding steroid dienone is 5. The van der Waals surface area contributed by atoms with Crippen molar-refractivity contribution in [3.63, 3.8) is 0 Å². The van der Waals surface area contributed by atoms with Gasteiger partial charge in [-0.3, -0.25) is 0 Å². The second kappa shape index (κ2) is 8.61. The zero-order valence-corrected chi connectivity index (χ0v) is 9.72. The van der Waals surface area contributed by atoms with E-state index in [0.29, 0.717) is 0 Å². The molecule has 0 unspecified atom stereocenters. The van der Waals surface area contributed by atoms with Gasteiger partial charge in [-0.05, 0) is 31.9 Å². The first kappa shape index (κ1) is 13.0. The lowest BCUT2D eigenvalue weighted by molar-refractivity contribution is 0.905. The van der Waals surface area contributed by atoms with Gasteiger partial charge in [0.2, 0.25) is 0 Å². The molecule has 0 aromatic heterocycles. The van der Waals surface area contributed by atoms with Gasteiger partial charge in [0.25, 0.3) is 0 Å². The topological polar surface area (TPSA) is 26.0 Å². The molecule has 0 saturated carbocycles. The van der Waals surface area contributed by atoms with E-state index in [4.69, 9.17) is 5.73 Å². The van der Waals surface area contributed by atoms with E-state index in [1.807, 2.05) is 12.2 Å². The van der Waals surface area contributed by atoms with Crippen LogP contribution in [0.4, 0.5) is 0 Å². The van der Waals surface area contributed by atoms with Crippen molar-refractivity contribution >= 4 is 0 Å². The van der Waals surface area contributed by atoms with Crippen LogP contribution >= 0.6 is 0 Å². The minimum atomic E-state index is 0.842. The highest BCUT2D eigenvalue weighted by molar-refractivity contribution is 5.22. The molecular weight excluding hydrogens is 170 g/mol. The summed E-state index contributed by atoms with van der Waals surface area (Å²) in [5.74, 6) is 0. The third kappa shape index (κ3) is 7.66. The Morgan fingerprint density at radius 1 is 1.14 bits per heavy atom. The summed E-state index contributed by atoms with van der Waals surface area (Å²) in [7, 11) is 0. The van der Waals surface area contributed by atoms with Gasteiger partial charge in [0.1, 0.15) is 0 Å². The second-order valence-corrected chi connectivity index (χ2v) is 3.62. The van der Waals surface area contributed by atoms with Gasteiger partial charge in [-0.2, -0.15) is 0 Å². The fraction of sp³-hybridized carbons (Fsp3) is 0.538. The van der Waals surface area contributed by atoms with Crippen LogP contribution in [0.25, 0.3) is 0 Å². The molecule has 0 aliphatic rings. The summed E-state index contributed by atoms with van der Waals surface area (Å²) in [5, 5.41) is 0. The van der Waals surface area contributed by atoms with Crippen LogP contribution in [0, 0.1) is 0 Å². The molecule has 0 heterocycles. The number of hydrogen-bond donors (Lipinski definition) is 1. The highest BCUT2D eigenvalue weighted by Gasteiger charge is 1.85. The molecule has 0 rings (SSSR count). The van der Waals surface area contributed by atoms with Crippen molar-refractivity contribution in [3.05, 3.63) is 35.6 Å². The molecule has 0 aromatic rings. The molecule has 0 radical (unpaired) electrons. The molecule has 0 bridgehead atoms. The summed E-state index contributed by atoms with van der Waals surface area (Å²) in [4.78, 5) is 0. The Kier molecular flexibility index (Phi) is 8.01. The fourth-order valence-corrected chi connectivity index (χ4v) is 1.16. The minimum absolute atomic E-state index is 0.842. The summed E-state index contributed by atoms with van der Waals surface area (Å²) >= 11 is 0. The molecule has 0 saturated heterocycles. The van der Waals surface area contributed by atoms with Crippen LogP contribution in [0.3, 0.4) is 0 Å². The lowest BCUT2D eigenvalue weighted by atomic mass is 10.1. The molecule has 0 aliphatic carbocycles.